The number of esters is 1. The van der Waals surface area contributed by atoms with Crippen LogP contribution in [0.1, 0.15) is 18.1 Å². The van der Waals surface area contributed by atoms with Crippen molar-refractivity contribution in [3.8, 4) is 5.75 Å². The first-order valence-electron chi connectivity index (χ1n) is 8.57. The first-order valence-corrected chi connectivity index (χ1v) is 8.57. The summed E-state index contributed by atoms with van der Waals surface area (Å²) >= 11 is 0. The standard InChI is InChI=1S/C21H17NO5/c1-2-25-20(23)17-15(12-8-4-3-5-9-12)16-18(27-19(17)22)13-10-6-7-11-14(13)26-21(16)24/h3-11,19H,2,22H2,1H3. The summed E-state index contributed by atoms with van der Waals surface area (Å²) in [4.78, 5) is 25.4. The molecular formula is C21H17NO5. The Kier molecular flexibility index (Phi) is 4.25. The molecule has 27 heavy (non-hydrogen) atoms. The summed E-state index contributed by atoms with van der Waals surface area (Å²) in [6.07, 6.45) is -1.07. The lowest BCUT2D eigenvalue weighted by atomic mass is 9.90. The summed E-state index contributed by atoms with van der Waals surface area (Å²) in [6.45, 7) is 1.88. The SMILES string of the molecule is CCOC(=O)C1=C(c2ccccc2)c2c(c3ccccc3oc2=O)OC1N. The summed E-state index contributed by atoms with van der Waals surface area (Å²) in [5.41, 5.74) is 7.27. The molecule has 0 saturated heterocycles. The van der Waals surface area contributed by atoms with Crippen LogP contribution in [0.5, 0.6) is 5.75 Å². The zero-order valence-electron chi connectivity index (χ0n) is 14.6. The quantitative estimate of drug-likeness (QED) is 0.568. The van der Waals surface area contributed by atoms with Gasteiger partial charge in [0.1, 0.15) is 22.5 Å². The van der Waals surface area contributed by atoms with E-state index in [1.54, 1.807) is 37.3 Å². The minimum absolute atomic E-state index is 0.0955. The van der Waals surface area contributed by atoms with Crippen LogP contribution in [0, 0.1) is 0 Å². The first-order chi connectivity index (χ1) is 13.1. The molecule has 0 aliphatic carbocycles. The number of hydrogen-bond acceptors (Lipinski definition) is 6. The molecule has 1 unspecified atom stereocenters. The fourth-order valence-electron chi connectivity index (χ4n) is 3.25. The predicted octanol–water partition coefficient (Wildman–Crippen LogP) is 2.84. The van der Waals surface area contributed by atoms with Gasteiger partial charge >= 0.3 is 11.6 Å². The molecule has 136 valence electrons. The fraction of sp³-hybridized carbons (Fsp3) is 0.143. The van der Waals surface area contributed by atoms with Crippen molar-refractivity contribution in [3.05, 3.63) is 81.7 Å². The fourth-order valence-corrected chi connectivity index (χ4v) is 3.25. The van der Waals surface area contributed by atoms with Crippen LogP contribution in [0.4, 0.5) is 0 Å². The summed E-state index contributed by atoms with van der Waals surface area (Å²) in [6, 6.07) is 16.1. The molecule has 3 aromatic rings. The lowest BCUT2D eigenvalue weighted by Gasteiger charge is -2.28. The van der Waals surface area contributed by atoms with Gasteiger partial charge in [0.2, 0.25) is 0 Å². The van der Waals surface area contributed by atoms with E-state index in [2.05, 4.69) is 0 Å². The lowest BCUT2D eigenvalue weighted by Crippen LogP contribution is -2.39. The van der Waals surface area contributed by atoms with Crippen molar-refractivity contribution in [2.45, 2.75) is 13.2 Å². The van der Waals surface area contributed by atoms with Gasteiger partial charge in [0, 0.05) is 5.57 Å². The topological polar surface area (TPSA) is 91.8 Å². The Balaban J connectivity index is 2.11. The molecule has 0 spiro atoms. The lowest BCUT2D eigenvalue weighted by molar-refractivity contribution is -0.139. The smallest absolute Gasteiger partial charge is 0.348 e. The van der Waals surface area contributed by atoms with Crippen LogP contribution < -0.4 is 16.1 Å². The molecule has 1 aliphatic rings. The third kappa shape index (κ3) is 2.80. The van der Waals surface area contributed by atoms with Gasteiger partial charge in [0.05, 0.1) is 12.0 Å². The highest BCUT2D eigenvalue weighted by atomic mass is 16.5. The van der Waals surface area contributed by atoms with E-state index in [0.29, 0.717) is 27.9 Å². The van der Waals surface area contributed by atoms with Gasteiger partial charge in [-0.2, -0.15) is 0 Å². The van der Waals surface area contributed by atoms with Crippen molar-refractivity contribution in [2.24, 2.45) is 5.73 Å². The van der Waals surface area contributed by atoms with E-state index in [1.165, 1.54) is 0 Å². The van der Waals surface area contributed by atoms with Crippen LogP contribution >= 0.6 is 0 Å². The van der Waals surface area contributed by atoms with Crippen LogP contribution in [-0.4, -0.2) is 18.8 Å². The third-order valence-electron chi connectivity index (χ3n) is 4.37. The van der Waals surface area contributed by atoms with Gasteiger partial charge in [0.15, 0.2) is 6.23 Å². The monoisotopic (exact) mass is 363 g/mol. The third-order valence-corrected chi connectivity index (χ3v) is 4.37. The van der Waals surface area contributed by atoms with Crippen LogP contribution in [0.15, 0.2) is 69.4 Å². The molecule has 6 heteroatoms. The number of fused-ring (bicyclic) bond motifs is 3. The summed E-state index contributed by atoms with van der Waals surface area (Å²) in [7, 11) is 0. The number of rotatable bonds is 3. The van der Waals surface area contributed by atoms with Crippen molar-refractivity contribution >= 4 is 22.5 Å². The van der Waals surface area contributed by atoms with Gasteiger partial charge in [-0.05, 0) is 24.6 Å². The summed E-state index contributed by atoms with van der Waals surface area (Å²) < 4.78 is 16.4. The Morgan fingerprint density at radius 1 is 1.11 bits per heavy atom. The maximum absolute atomic E-state index is 12.8. The molecule has 1 aromatic heterocycles. The maximum Gasteiger partial charge on any atom is 0.348 e. The number of hydrogen-bond donors (Lipinski definition) is 1. The number of ether oxygens (including phenoxy) is 2. The van der Waals surface area contributed by atoms with E-state index in [1.807, 2.05) is 24.3 Å². The Hall–Kier alpha value is -3.38. The number of nitrogens with two attached hydrogens (primary N) is 1. The van der Waals surface area contributed by atoms with Gasteiger partial charge in [-0.3, -0.25) is 5.73 Å². The van der Waals surface area contributed by atoms with E-state index in [-0.39, 0.29) is 17.7 Å². The van der Waals surface area contributed by atoms with E-state index >= 15 is 0 Å². The van der Waals surface area contributed by atoms with Crippen molar-refractivity contribution < 1.29 is 18.7 Å². The molecule has 0 fully saturated rings. The van der Waals surface area contributed by atoms with Gasteiger partial charge in [0.25, 0.3) is 0 Å². The van der Waals surface area contributed by atoms with Crippen LogP contribution in [0.25, 0.3) is 16.5 Å². The van der Waals surface area contributed by atoms with Gasteiger partial charge < -0.3 is 13.9 Å². The average molecular weight is 363 g/mol. The molecule has 1 aliphatic heterocycles. The predicted molar refractivity (Wildman–Crippen MR) is 100 cm³/mol. The molecular weight excluding hydrogens is 346 g/mol. The number of para-hydroxylation sites is 1. The maximum atomic E-state index is 12.8. The van der Waals surface area contributed by atoms with Gasteiger partial charge in [-0.25, -0.2) is 9.59 Å². The zero-order chi connectivity index (χ0) is 19.0. The molecule has 1 atom stereocenters. The van der Waals surface area contributed by atoms with Gasteiger partial charge in [-0.15, -0.1) is 0 Å². The van der Waals surface area contributed by atoms with E-state index in [9.17, 15) is 9.59 Å². The minimum atomic E-state index is -1.07. The molecule has 0 radical (unpaired) electrons. The first kappa shape index (κ1) is 17.1. The van der Waals surface area contributed by atoms with Gasteiger partial charge in [-0.1, -0.05) is 42.5 Å². The van der Waals surface area contributed by atoms with E-state index in [4.69, 9.17) is 19.6 Å². The summed E-state index contributed by atoms with van der Waals surface area (Å²) in [5.74, 6) is -0.316. The Morgan fingerprint density at radius 3 is 2.56 bits per heavy atom. The molecule has 2 heterocycles. The van der Waals surface area contributed by atoms with Crippen LogP contribution in [0.2, 0.25) is 0 Å². The molecule has 2 N–H and O–H groups in total. The highest BCUT2D eigenvalue weighted by Gasteiger charge is 2.36. The van der Waals surface area contributed by atoms with E-state index in [0.717, 1.165) is 0 Å². The normalized spacial score (nSPS) is 16.0. The number of benzene rings is 2. The van der Waals surface area contributed by atoms with Crippen LogP contribution in [-0.2, 0) is 9.53 Å². The molecule has 6 nitrogen and oxygen atoms in total. The molecule has 0 bridgehead atoms. The molecule has 0 amide bonds. The van der Waals surface area contributed by atoms with E-state index < -0.39 is 17.8 Å². The second-order valence-corrected chi connectivity index (χ2v) is 6.00. The Morgan fingerprint density at radius 2 is 1.81 bits per heavy atom. The Bertz CT molecular complexity index is 1110. The van der Waals surface area contributed by atoms with Crippen LogP contribution in [0.3, 0.4) is 0 Å². The van der Waals surface area contributed by atoms with Crippen molar-refractivity contribution in [1.82, 2.24) is 0 Å². The van der Waals surface area contributed by atoms with Crippen molar-refractivity contribution in [2.75, 3.05) is 6.61 Å². The zero-order valence-corrected chi connectivity index (χ0v) is 14.6. The number of carbonyl (C=O) groups is 1. The minimum Gasteiger partial charge on any atom is -0.469 e. The van der Waals surface area contributed by atoms with Crippen molar-refractivity contribution in [3.63, 3.8) is 0 Å². The summed E-state index contributed by atoms with van der Waals surface area (Å²) in [5, 5.41) is 0.610. The Labute approximate surface area is 154 Å². The average Bonchev–Trinajstić information content (AvgIpc) is 2.68. The van der Waals surface area contributed by atoms with Crippen molar-refractivity contribution in [1.29, 1.82) is 0 Å². The molecule has 4 rings (SSSR count). The highest BCUT2D eigenvalue weighted by Crippen LogP contribution is 2.41. The largest absolute Gasteiger partial charge is 0.469 e. The number of carbonyl (C=O) groups excluding carboxylic acids is 1. The second-order valence-electron chi connectivity index (χ2n) is 6.00. The highest BCUT2D eigenvalue weighted by molar-refractivity contribution is 6.06. The molecule has 2 aromatic carbocycles. The second kappa shape index (κ2) is 6.74. The molecule has 0 saturated carbocycles.